The minimum Gasteiger partial charge on any atom is -0.467 e. The van der Waals surface area contributed by atoms with E-state index in [1.807, 2.05) is 0 Å². The normalized spacial score (nSPS) is 21.9. The maximum atomic E-state index is 11.3. The van der Waals surface area contributed by atoms with Crippen LogP contribution >= 0.6 is 11.3 Å². The van der Waals surface area contributed by atoms with Gasteiger partial charge in [0.2, 0.25) is 0 Å². The fourth-order valence-electron chi connectivity index (χ4n) is 1.76. The molecule has 1 fully saturated rings. The third kappa shape index (κ3) is 2.81. The molecular weight excluding hydrogens is 226 g/mol. The maximum absolute atomic E-state index is 11.3. The zero-order chi connectivity index (χ0) is 11.4. The van der Waals surface area contributed by atoms with Crippen LogP contribution in [0.3, 0.4) is 0 Å². The van der Waals surface area contributed by atoms with Crippen LogP contribution in [0.15, 0.2) is 16.8 Å². The highest BCUT2D eigenvalue weighted by atomic mass is 32.1. The molecule has 1 aliphatic heterocycles. The number of nitrogens with zero attached hydrogens (tertiary/aromatic N) is 1. The Bertz CT molecular complexity index is 339. The van der Waals surface area contributed by atoms with Crippen LogP contribution in [0.4, 0.5) is 0 Å². The fourth-order valence-corrected chi connectivity index (χ4v) is 2.42. The summed E-state index contributed by atoms with van der Waals surface area (Å²) in [5.41, 5.74) is 1.29. The van der Waals surface area contributed by atoms with Gasteiger partial charge in [-0.05, 0) is 22.4 Å². The largest absolute Gasteiger partial charge is 0.467 e. The maximum Gasteiger partial charge on any atom is 0.336 e. The second-order valence-electron chi connectivity index (χ2n) is 3.75. The van der Waals surface area contributed by atoms with Crippen molar-refractivity contribution in [3.8, 4) is 0 Å². The summed E-state index contributed by atoms with van der Waals surface area (Å²) in [4.78, 5) is 13.6. The summed E-state index contributed by atoms with van der Waals surface area (Å²) in [6.07, 6.45) is -0.433. The molecule has 0 N–H and O–H groups in total. The number of morpholine rings is 1. The van der Waals surface area contributed by atoms with Gasteiger partial charge in [0.05, 0.1) is 13.7 Å². The van der Waals surface area contributed by atoms with Crippen molar-refractivity contribution in [1.29, 1.82) is 0 Å². The molecule has 2 rings (SSSR count). The van der Waals surface area contributed by atoms with Gasteiger partial charge in [0.1, 0.15) is 0 Å². The minimum atomic E-state index is -0.433. The van der Waals surface area contributed by atoms with Gasteiger partial charge in [-0.3, -0.25) is 4.90 Å². The Balaban J connectivity index is 1.89. The Morgan fingerprint density at radius 2 is 2.62 bits per heavy atom. The summed E-state index contributed by atoms with van der Waals surface area (Å²) in [5, 5.41) is 4.19. The van der Waals surface area contributed by atoms with Crippen molar-refractivity contribution in [2.45, 2.75) is 12.6 Å². The molecular formula is C11H15NO3S. The van der Waals surface area contributed by atoms with E-state index in [1.54, 1.807) is 11.3 Å². The molecule has 1 aliphatic rings. The minimum absolute atomic E-state index is 0.282. The first-order valence-corrected chi connectivity index (χ1v) is 6.16. The molecule has 16 heavy (non-hydrogen) atoms. The van der Waals surface area contributed by atoms with Crippen molar-refractivity contribution in [3.05, 3.63) is 22.4 Å². The molecule has 1 saturated heterocycles. The van der Waals surface area contributed by atoms with Crippen LogP contribution in [0.2, 0.25) is 0 Å². The third-order valence-electron chi connectivity index (χ3n) is 2.60. The van der Waals surface area contributed by atoms with Crippen molar-refractivity contribution in [2.75, 3.05) is 26.8 Å². The fraction of sp³-hybridized carbons (Fsp3) is 0.545. The molecule has 0 bridgehead atoms. The SMILES string of the molecule is COC(=O)C1CN(Cc2ccsc2)CCO1. The standard InChI is InChI=1S/C11H15NO3S/c1-14-11(13)10-7-12(3-4-15-10)6-9-2-5-16-8-9/h2,5,8,10H,3-4,6-7H2,1H3. The zero-order valence-corrected chi connectivity index (χ0v) is 10.0. The number of ether oxygens (including phenoxy) is 2. The molecule has 88 valence electrons. The highest BCUT2D eigenvalue weighted by Crippen LogP contribution is 2.13. The number of rotatable bonds is 3. The third-order valence-corrected chi connectivity index (χ3v) is 3.33. The highest BCUT2D eigenvalue weighted by molar-refractivity contribution is 7.07. The summed E-state index contributed by atoms with van der Waals surface area (Å²) in [5.74, 6) is -0.282. The van der Waals surface area contributed by atoms with Crippen molar-refractivity contribution >= 4 is 17.3 Å². The predicted octanol–water partition coefficient (Wildman–Crippen LogP) is 1.12. The number of esters is 1. The molecule has 1 atom stereocenters. The number of carbonyl (C=O) groups excluding carboxylic acids is 1. The molecule has 1 aromatic rings. The van der Waals surface area contributed by atoms with Crippen molar-refractivity contribution in [1.82, 2.24) is 4.90 Å². The molecule has 4 nitrogen and oxygen atoms in total. The van der Waals surface area contributed by atoms with Crippen LogP contribution in [0, 0.1) is 0 Å². The lowest BCUT2D eigenvalue weighted by Crippen LogP contribution is -2.45. The van der Waals surface area contributed by atoms with Gasteiger partial charge >= 0.3 is 5.97 Å². The predicted molar refractivity (Wildman–Crippen MR) is 61.4 cm³/mol. The van der Waals surface area contributed by atoms with Gasteiger partial charge in [0, 0.05) is 19.6 Å². The first-order valence-electron chi connectivity index (χ1n) is 5.22. The number of hydrogen-bond acceptors (Lipinski definition) is 5. The second-order valence-corrected chi connectivity index (χ2v) is 4.53. The Morgan fingerprint density at radius 3 is 3.31 bits per heavy atom. The average Bonchev–Trinajstić information content (AvgIpc) is 2.81. The summed E-state index contributed by atoms with van der Waals surface area (Å²) in [7, 11) is 1.39. The van der Waals surface area contributed by atoms with Crippen LogP contribution in [-0.2, 0) is 20.8 Å². The Morgan fingerprint density at radius 1 is 1.75 bits per heavy atom. The van der Waals surface area contributed by atoms with E-state index in [2.05, 4.69) is 26.5 Å². The van der Waals surface area contributed by atoms with Gasteiger partial charge in [0.25, 0.3) is 0 Å². The van der Waals surface area contributed by atoms with E-state index in [0.29, 0.717) is 13.2 Å². The molecule has 0 spiro atoms. The van der Waals surface area contributed by atoms with E-state index >= 15 is 0 Å². The topological polar surface area (TPSA) is 38.8 Å². The van der Waals surface area contributed by atoms with Gasteiger partial charge in [0.15, 0.2) is 6.10 Å². The van der Waals surface area contributed by atoms with E-state index in [4.69, 9.17) is 4.74 Å². The summed E-state index contributed by atoms with van der Waals surface area (Å²) in [6, 6.07) is 2.10. The van der Waals surface area contributed by atoms with E-state index in [0.717, 1.165) is 13.1 Å². The molecule has 1 unspecified atom stereocenters. The number of thiophene rings is 1. The van der Waals surface area contributed by atoms with Gasteiger partial charge in [-0.1, -0.05) is 0 Å². The van der Waals surface area contributed by atoms with E-state index < -0.39 is 6.10 Å². The van der Waals surface area contributed by atoms with Crippen LogP contribution in [0.25, 0.3) is 0 Å². The van der Waals surface area contributed by atoms with Gasteiger partial charge in [-0.2, -0.15) is 11.3 Å². The lowest BCUT2D eigenvalue weighted by Gasteiger charge is -2.31. The Labute approximate surface area is 98.8 Å². The van der Waals surface area contributed by atoms with Crippen LogP contribution in [-0.4, -0.2) is 43.8 Å². The van der Waals surface area contributed by atoms with Crippen LogP contribution in [0.5, 0.6) is 0 Å². The van der Waals surface area contributed by atoms with E-state index in [-0.39, 0.29) is 5.97 Å². The average molecular weight is 241 g/mol. The first-order chi connectivity index (χ1) is 7.79. The quantitative estimate of drug-likeness (QED) is 0.743. The van der Waals surface area contributed by atoms with Crippen molar-refractivity contribution in [2.24, 2.45) is 0 Å². The van der Waals surface area contributed by atoms with Crippen LogP contribution in [0.1, 0.15) is 5.56 Å². The van der Waals surface area contributed by atoms with E-state index in [1.165, 1.54) is 12.7 Å². The molecule has 0 saturated carbocycles. The molecule has 5 heteroatoms. The lowest BCUT2D eigenvalue weighted by molar-refractivity contribution is -0.160. The Kier molecular flexibility index (Phi) is 3.93. The molecule has 2 heterocycles. The lowest BCUT2D eigenvalue weighted by atomic mass is 10.2. The van der Waals surface area contributed by atoms with Gasteiger partial charge in [-0.25, -0.2) is 4.79 Å². The van der Waals surface area contributed by atoms with E-state index in [9.17, 15) is 4.79 Å². The monoisotopic (exact) mass is 241 g/mol. The number of carbonyl (C=O) groups is 1. The molecule has 0 aromatic carbocycles. The van der Waals surface area contributed by atoms with Crippen molar-refractivity contribution < 1.29 is 14.3 Å². The molecule has 1 aromatic heterocycles. The summed E-state index contributed by atoms with van der Waals surface area (Å²) >= 11 is 1.69. The molecule has 0 amide bonds. The smallest absolute Gasteiger partial charge is 0.336 e. The first kappa shape index (κ1) is 11.6. The Hall–Kier alpha value is -0.910. The van der Waals surface area contributed by atoms with Crippen LogP contribution < -0.4 is 0 Å². The number of hydrogen-bond donors (Lipinski definition) is 0. The molecule has 0 aliphatic carbocycles. The zero-order valence-electron chi connectivity index (χ0n) is 9.22. The second kappa shape index (κ2) is 5.43. The van der Waals surface area contributed by atoms with Crippen molar-refractivity contribution in [3.63, 3.8) is 0 Å². The number of methoxy groups -OCH3 is 1. The summed E-state index contributed by atoms with van der Waals surface area (Å²) in [6.45, 7) is 2.94. The summed E-state index contributed by atoms with van der Waals surface area (Å²) < 4.78 is 10.1. The van der Waals surface area contributed by atoms with Gasteiger partial charge in [-0.15, -0.1) is 0 Å². The highest BCUT2D eigenvalue weighted by Gasteiger charge is 2.27. The van der Waals surface area contributed by atoms with Gasteiger partial charge < -0.3 is 9.47 Å². The molecule has 0 radical (unpaired) electrons.